The van der Waals surface area contributed by atoms with Crippen LogP contribution >= 0.6 is 24.0 Å². The molecule has 0 aromatic carbocycles. The van der Waals surface area contributed by atoms with E-state index >= 15 is 0 Å². The number of hydrogen-bond donors (Lipinski definition) is 3. The quantitative estimate of drug-likeness (QED) is 0.480. The van der Waals surface area contributed by atoms with Crippen molar-refractivity contribution >= 4 is 24.0 Å². The minimum Gasteiger partial charge on any atom is -0.328 e. The van der Waals surface area contributed by atoms with Crippen LogP contribution in [0.2, 0.25) is 0 Å². The molecular weight excluding hydrogens is 398 g/mol. The summed E-state index contributed by atoms with van der Waals surface area (Å²) in [4.78, 5) is 18.2. The van der Waals surface area contributed by atoms with E-state index in [1.807, 2.05) is 32.0 Å². The molecule has 0 radical (unpaired) electrons. The molecule has 4 nitrogen and oxygen atoms in total. The van der Waals surface area contributed by atoms with E-state index in [0.717, 1.165) is 44.7 Å². The maximum Gasteiger partial charge on any atom is 0.251 e. The Labute approximate surface area is 185 Å². The highest BCUT2D eigenvalue weighted by atomic mass is 32.2. The van der Waals surface area contributed by atoms with Gasteiger partial charge in [0.05, 0.1) is 4.21 Å². The SMILES string of the molecule is CCN(CCC(C)N)CCC1CC1.CCc1cc(-c2ccc(S)s2)c(C)[nH]c1=O. The van der Waals surface area contributed by atoms with Gasteiger partial charge in [0.15, 0.2) is 0 Å². The van der Waals surface area contributed by atoms with Gasteiger partial charge in [-0.05, 0) is 76.9 Å². The molecule has 0 amide bonds. The summed E-state index contributed by atoms with van der Waals surface area (Å²) in [7, 11) is 0. The fourth-order valence-corrected chi connectivity index (χ4v) is 4.43. The number of aromatic nitrogens is 1. The van der Waals surface area contributed by atoms with Crippen molar-refractivity contribution in [2.45, 2.75) is 70.1 Å². The van der Waals surface area contributed by atoms with E-state index in [2.05, 4.69) is 36.4 Å². The molecule has 1 aliphatic rings. The number of nitrogens with zero attached hydrogens (tertiary/aromatic N) is 1. The lowest BCUT2D eigenvalue weighted by Crippen LogP contribution is -2.30. The Hall–Kier alpha value is -1.08. The number of nitrogens with one attached hydrogen (secondary N) is 1. The zero-order valence-corrected chi connectivity index (χ0v) is 20.0. The largest absolute Gasteiger partial charge is 0.328 e. The zero-order chi connectivity index (χ0) is 21.4. The van der Waals surface area contributed by atoms with Crippen LogP contribution in [0.4, 0.5) is 0 Å². The van der Waals surface area contributed by atoms with Crippen molar-refractivity contribution in [1.82, 2.24) is 9.88 Å². The Kier molecular flexibility index (Phi) is 9.96. The molecule has 1 saturated carbocycles. The van der Waals surface area contributed by atoms with Gasteiger partial charge in [0, 0.05) is 27.7 Å². The van der Waals surface area contributed by atoms with Gasteiger partial charge in [-0.15, -0.1) is 24.0 Å². The highest BCUT2D eigenvalue weighted by molar-refractivity contribution is 7.83. The monoisotopic (exact) mass is 435 g/mol. The highest BCUT2D eigenvalue weighted by Gasteiger charge is 2.21. The predicted octanol–water partition coefficient (Wildman–Crippen LogP) is 5.11. The number of pyridine rings is 1. The number of aryl methyl sites for hydroxylation is 2. The Balaban J connectivity index is 0.000000212. The average Bonchev–Trinajstić information content (AvgIpc) is 3.41. The summed E-state index contributed by atoms with van der Waals surface area (Å²) in [5.74, 6) is 1.06. The van der Waals surface area contributed by atoms with Crippen molar-refractivity contribution < 1.29 is 0 Å². The molecule has 1 fully saturated rings. The van der Waals surface area contributed by atoms with Gasteiger partial charge >= 0.3 is 0 Å². The van der Waals surface area contributed by atoms with Crippen LogP contribution < -0.4 is 11.3 Å². The molecule has 29 heavy (non-hydrogen) atoms. The third-order valence-electron chi connectivity index (χ3n) is 5.45. The lowest BCUT2D eigenvalue weighted by Gasteiger charge is -2.21. The molecule has 3 N–H and O–H groups in total. The van der Waals surface area contributed by atoms with Crippen molar-refractivity contribution in [3.8, 4) is 10.4 Å². The van der Waals surface area contributed by atoms with E-state index in [1.165, 1.54) is 38.9 Å². The Morgan fingerprint density at radius 3 is 2.55 bits per heavy atom. The first-order chi connectivity index (χ1) is 13.8. The molecule has 0 spiro atoms. The first kappa shape index (κ1) is 24.2. The fraction of sp³-hybridized carbons (Fsp3) is 0.609. The molecule has 1 atom stereocenters. The number of thiol groups is 1. The molecule has 2 heterocycles. The summed E-state index contributed by atoms with van der Waals surface area (Å²) in [5, 5.41) is 0. The summed E-state index contributed by atoms with van der Waals surface area (Å²) in [5.41, 5.74) is 8.60. The van der Waals surface area contributed by atoms with E-state index < -0.39 is 0 Å². The third kappa shape index (κ3) is 8.28. The van der Waals surface area contributed by atoms with E-state index in [4.69, 9.17) is 5.73 Å². The van der Waals surface area contributed by atoms with Crippen molar-refractivity contribution in [3.63, 3.8) is 0 Å². The average molecular weight is 436 g/mol. The van der Waals surface area contributed by atoms with Crippen LogP contribution in [0.3, 0.4) is 0 Å². The molecule has 0 saturated heterocycles. The highest BCUT2D eigenvalue weighted by Crippen LogP contribution is 2.32. The number of nitrogens with two attached hydrogens (primary N) is 1. The van der Waals surface area contributed by atoms with E-state index in [1.54, 1.807) is 11.3 Å². The van der Waals surface area contributed by atoms with Crippen LogP contribution in [-0.4, -0.2) is 35.6 Å². The van der Waals surface area contributed by atoms with Crippen LogP contribution in [0, 0.1) is 12.8 Å². The fourth-order valence-electron chi connectivity index (χ4n) is 3.24. The number of aromatic amines is 1. The Bertz CT molecular complexity index is 803. The van der Waals surface area contributed by atoms with E-state index in [9.17, 15) is 4.79 Å². The molecule has 3 rings (SSSR count). The van der Waals surface area contributed by atoms with Gasteiger partial charge in [-0.25, -0.2) is 0 Å². The second-order valence-corrected chi connectivity index (χ2v) is 9.95. The maximum absolute atomic E-state index is 11.6. The zero-order valence-electron chi connectivity index (χ0n) is 18.3. The minimum atomic E-state index is 0.0198. The molecule has 0 bridgehead atoms. The Morgan fingerprint density at radius 2 is 2.03 bits per heavy atom. The number of thiophene rings is 1. The first-order valence-corrected chi connectivity index (χ1v) is 12.1. The number of H-pyrrole nitrogens is 1. The Morgan fingerprint density at radius 1 is 1.31 bits per heavy atom. The molecular formula is C23H37N3OS2. The number of hydrogen-bond acceptors (Lipinski definition) is 5. The summed E-state index contributed by atoms with van der Waals surface area (Å²) < 4.78 is 0.985. The molecule has 162 valence electrons. The second kappa shape index (κ2) is 11.9. The van der Waals surface area contributed by atoms with Crippen molar-refractivity contribution in [3.05, 3.63) is 39.8 Å². The molecule has 1 aliphatic carbocycles. The van der Waals surface area contributed by atoms with Crippen LogP contribution in [-0.2, 0) is 6.42 Å². The number of rotatable bonds is 9. The van der Waals surface area contributed by atoms with Crippen molar-refractivity contribution in [1.29, 1.82) is 0 Å². The minimum absolute atomic E-state index is 0.0198. The smallest absolute Gasteiger partial charge is 0.251 e. The normalized spacial score (nSPS) is 14.6. The first-order valence-electron chi connectivity index (χ1n) is 10.8. The second-order valence-electron chi connectivity index (χ2n) is 8.09. The van der Waals surface area contributed by atoms with Gasteiger partial charge in [0.2, 0.25) is 0 Å². The van der Waals surface area contributed by atoms with E-state index in [-0.39, 0.29) is 5.56 Å². The summed E-state index contributed by atoms with van der Waals surface area (Å²) in [6.45, 7) is 11.9. The van der Waals surface area contributed by atoms with Gasteiger partial charge in [-0.2, -0.15) is 0 Å². The summed E-state index contributed by atoms with van der Waals surface area (Å²) >= 11 is 5.93. The molecule has 0 aliphatic heterocycles. The predicted molar refractivity (Wildman–Crippen MR) is 129 cm³/mol. The lowest BCUT2D eigenvalue weighted by molar-refractivity contribution is 0.269. The van der Waals surface area contributed by atoms with Crippen LogP contribution in [0.15, 0.2) is 27.2 Å². The summed E-state index contributed by atoms with van der Waals surface area (Å²) in [6, 6.07) is 6.34. The topological polar surface area (TPSA) is 62.1 Å². The van der Waals surface area contributed by atoms with Gasteiger partial charge < -0.3 is 15.6 Å². The van der Waals surface area contributed by atoms with Gasteiger partial charge in [0.1, 0.15) is 0 Å². The van der Waals surface area contributed by atoms with Gasteiger partial charge in [-0.1, -0.05) is 26.7 Å². The van der Waals surface area contributed by atoms with Crippen LogP contribution in [0.25, 0.3) is 10.4 Å². The lowest BCUT2D eigenvalue weighted by atomic mass is 10.1. The standard InChI is InChI=1S/C12H13NOS2.C11H24N2/c1-3-8-6-9(7(2)13-12(8)14)10-4-5-11(15)16-10;1-3-13(8-6-10(2)12)9-7-11-4-5-11/h4-6,15H,3H2,1-2H3,(H,13,14);10-11H,3-9,12H2,1-2H3. The molecule has 6 heteroatoms. The van der Waals surface area contributed by atoms with Gasteiger partial charge in [-0.3, -0.25) is 4.79 Å². The third-order valence-corrected chi connectivity index (χ3v) is 6.80. The maximum atomic E-state index is 11.6. The molecule has 2 aromatic rings. The van der Waals surface area contributed by atoms with E-state index in [0.29, 0.717) is 6.04 Å². The van der Waals surface area contributed by atoms with Crippen molar-refractivity contribution in [2.75, 3.05) is 19.6 Å². The van der Waals surface area contributed by atoms with Crippen molar-refractivity contribution in [2.24, 2.45) is 11.7 Å². The summed E-state index contributed by atoms with van der Waals surface area (Å²) in [6.07, 6.45) is 6.25. The van der Waals surface area contributed by atoms with Crippen LogP contribution in [0.5, 0.6) is 0 Å². The molecule has 1 unspecified atom stereocenters. The van der Waals surface area contributed by atoms with Gasteiger partial charge in [0.25, 0.3) is 5.56 Å². The van der Waals surface area contributed by atoms with Crippen LogP contribution in [0.1, 0.15) is 57.7 Å². The molecule has 2 aromatic heterocycles.